The van der Waals surface area contributed by atoms with Crippen LogP contribution in [0, 0.1) is 29.4 Å². The van der Waals surface area contributed by atoms with Gasteiger partial charge in [-0.1, -0.05) is 43.4 Å². The zero-order chi connectivity index (χ0) is 22.5. The summed E-state index contributed by atoms with van der Waals surface area (Å²) in [6, 6.07) is 10.2. The zero-order valence-corrected chi connectivity index (χ0v) is 18.9. The Balaban J connectivity index is 1.43. The van der Waals surface area contributed by atoms with E-state index in [9.17, 15) is 4.39 Å². The molecule has 2 aromatic carbocycles. The second-order valence-corrected chi connectivity index (χ2v) is 9.56. The minimum Gasteiger partial charge on any atom is -0.486 e. The molecule has 4 unspecified atom stereocenters. The second kappa shape index (κ2) is 10.5. The van der Waals surface area contributed by atoms with Gasteiger partial charge in [0, 0.05) is 0 Å². The van der Waals surface area contributed by atoms with Crippen LogP contribution in [0.4, 0.5) is 8.78 Å². The van der Waals surface area contributed by atoms with Crippen LogP contribution >= 0.6 is 0 Å². The minimum absolute atomic E-state index is 0.169. The summed E-state index contributed by atoms with van der Waals surface area (Å²) in [5.41, 5.74) is 2.17. The average molecular weight is 437 g/mol. The third kappa shape index (κ3) is 5.14. The van der Waals surface area contributed by atoms with Crippen molar-refractivity contribution in [1.82, 2.24) is 0 Å². The lowest BCUT2D eigenvalue weighted by atomic mass is 9.63. The fourth-order valence-corrected chi connectivity index (χ4v) is 5.87. The molecule has 4 atom stereocenters. The maximum atomic E-state index is 15.2. The van der Waals surface area contributed by atoms with Crippen LogP contribution in [0.15, 0.2) is 61.7 Å². The Labute approximate surface area is 191 Å². The highest BCUT2D eigenvalue weighted by Crippen LogP contribution is 2.48. The Morgan fingerprint density at radius 2 is 1.56 bits per heavy atom. The van der Waals surface area contributed by atoms with Gasteiger partial charge in [-0.15, -0.1) is 6.58 Å². The van der Waals surface area contributed by atoms with E-state index in [1.807, 2.05) is 18.2 Å². The molecule has 32 heavy (non-hydrogen) atoms. The van der Waals surface area contributed by atoms with Gasteiger partial charge in [0.05, 0.1) is 0 Å². The summed E-state index contributed by atoms with van der Waals surface area (Å²) in [7, 11) is 0. The Bertz CT molecular complexity index is 950. The zero-order valence-electron chi connectivity index (χ0n) is 18.9. The van der Waals surface area contributed by atoms with E-state index in [1.165, 1.54) is 38.2 Å². The van der Waals surface area contributed by atoms with Crippen molar-refractivity contribution >= 4 is 0 Å². The van der Waals surface area contributed by atoms with Crippen LogP contribution in [0.2, 0.25) is 0 Å². The molecule has 0 saturated heterocycles. The van der Waals surface area contributed by atoms with Crippen molar-refractivity contribution in [3.05, 3.63) is 78.9 Å². The largest absolute Gasteiger partial charge is 0.486 e. The van der Waals surface area contributed by atoms with E-state index in [0.29, 0.717) is 17.0 Å². The molecule has 2 fully saturated rings. The van der Waals surface area contributed by atoms with Gasteiger partial charge in [-0.05, 0) is 104 Å². The number of halogens is 2. The smallest absolute Gasteiger partial charge is 0.165 e. The molecule has 170 valence electrons. The van der Waals surface area contributed by atoms with E-state index < -0.39 is 5.82 Å². The number of rotatable bonds is 8. The van der Waals surface area contributed by atoms with Crippen molar-refractivity contribution in [3.8, 4) is 16.9 Å². The SMILES string of the molecule is C=CCCC1CCC2CC(c3ccc(-c4ccc(OCC=C)c(F)c4)cc3F)CCC2C1. The third-order valence-corrected chi connectivity index (χ3v) is 7.56. The van der Waals surface area contributed by atoms with E-state index >= 15 is 4.39 Å². The molecule has 0 amide bonds. The quantitative estimate of drug-likeness (QED) is 0.377. The van der Waals surface area contributed by atoms with Crippen LogP contribution in [0.5, 0.6) is 5.75 Å². The van der Waals surface area contributed by atoms with Crippen molar-refractivity contribution in [3.63, 3.8) is 0 Å². The molecular weight excluding hydrogens is 402 g/mol. The summed E-state index contributed by atoms with van der Waals surface area (Å²) in [6.45, 7) is 7.68. The van der Waals surface area contributed by atoms with Crippen LogP contribution in [0.1, 0.15) is 62.8 Å². The molecule has 2 aromatic rings. The second-order valence-electron chi connectivity index (χ2n) is 9.56. The molecule has 1 nitrogen and oxygen atoms in total. The van der Waals surface area contributed by atoms with E-state index in [1.54, 1.807) is 24.3 Å². The molecule has 2 aliphatic carbocycles. The van der Waals surface area contributed by atoms with Crippen molar-refractivity contribution < 1.29 is 13.5 Å². The number of hydrogen-bond acceptors (Lipinski definition) is 1. The monoisotopic (exact) mass is 436 g/mol. The van der Waals surface area contributed by atoms with Gasteiger partial charge in [0.15, 0.2) is 11.6 Å². The normalized spacial score (nSPS) is 25.1. The molecule has 0 radical (unpaired) electrons. The summed E-state index contributed by atoms with van der Waals surface area (Å²) in [5, 5.41) is 0. The first-order valence-corrected chi connectivity index (χ1v) is 12.0. The molecule has 0 N–H and O–H groups in total. The lowest BCUT2D eigenvalue weighted by molar-refractivity contribution is 0.114. The first-order valence-electron chi connectivity index (χ1n) is 12.0. The molecule has 2 aliphatic rings. The topological polar surface area (TPSA) is 9.23 Å². The van der Waals surface area contributed by atoms with Crippen molar-refractivity contribution in [2.75, 3.05) is 6.61 Å². The summed E-state index contributed by atoms with van der Waals surface area (Å²) < 4.78 is 34.8. The van der Waals surface area contributed by atoms with Gasteiger partial charge in [0.1, 0.15) is 12.4 Å². The fraction of sp³-hybridized carbons (Fsp3) is 0.448. The highest BCUT2D eigenvalue weighted by molar-refractivity contribution is 5.65. The van der Waals surface area contributed by atoms with Crippen molar-refractivity contribution in [2.45, 2.75) is 57.3 Å². The van der Waals surface area contributed by atoms with E-state index in [0.717, 1.165) is 42.6 Å². The van der Waals surface area contributed by atoms with Crippen LogP contribution < -0.4 is 4.74 Å². The Morgan fingerprint density at radius 1 is 0.844 bits per heavy atom. The van der Waals surface area contributed by atoms with Crippen LogP contribution in [0.25, 0.3) is 11.1 Å². The lowest BCUT2D eigenvalue weighted by Crippen LogP contribution is -2.30. The number of ether oxygens (including phenoxy) is 1. The molecule has 2 saturated carbocycles. The number of hydrogen-bond donors (Lipinski definition) is 0. The molecule has 3 heteroatoms. The van der Waals surface area contributed by atoms with Crippen LogP contribution in [-0.2, 0) is 0 Å². The first kappa shape index (κ1) is 22.8. The molecule has 0 aromatic heterocycles. The summed E-state index contributed by atoms with van der Waals surface area (Å²) >= 11 is 0. The van der Waals surface area contributed by atoms with Crippen LogP contribution in [-0.4, -0.2) is 6.61 Å². The van der Waals surface area contributed by atoms with E-state index in [4.69, 9.17) is 4.74 Å². The highest BCUT2D eigenvalue weighted by atomic mass is 19.1. The number of allylic oxidation sites excluding steroid dienone is 1. The molecule has 0 heterocycles. The first-order chi connectivity index (χ1) is 15.6. The Hall–Kier alpha value is -2.42. The van der Waals surface area contributed by atoms with E-state index in [2.05, 4.69) is 13.2 Å². The molecule has 4 rings (SSSR count). The minimum atomic E-state index is -0.448. The van der Waals surface area contributed by atoms with Gasteiger partial charge in [-0.2, -0.15) is 0 Å². The number of benzene rings is 2. The van der Waals surface area contributed by atoms with Gasteiger partial charge in [0.2, 0.25) is 0 Å². The van der Waals surface area contributed by atoms with Gasteiger partial charge in [0.25, 0.3) is 0 Å². The molecular formula is C29H34F2O. The number of fused-ring (bicyclic) bond motifs is 1. The summed E-state index contributed by atoms with van der Waals surface area (Å²) in [6.07, 6.45) is 13.3. The molecule has 0 aliphatic heterocycles. The summed E-state index contributed by atoms with van der Waals surface area (Å²) in [4.78, 5) is 0. The summed E-state index contributed by atoms with van der Waals surface area (Å²) in [5.74, 6) is 2.24. The lowest BCUT2D eigenvalue weighted by Gasteiger charge is -2.42. The fourth-order valence-electron chi connectivity index (χ4n) is 5.87. The highest BCUT2D eigenvalue weighted by Gasteiger charge is 2.36. The Kier molecular flexibility index (Phi) is 7.44. The molecule has 0 spiro atoms. The third-order valence-electron chi connectivity index (χ3n) is 7.56. The van der Waals surface area contributed by atoms with Gasteiger partial charge in [-0.25, -0.2) is 8.78 Å². The van der Waals surface area contributed by atoms with E-state index in [-0.39, 0.29) is 18.2 Å². The predicted molar refractivity (Wildman–Crippen MR) is 128 cm³/mol. The average Bonchev–Trinajstić information content (AvgIpc) is 2.81. The van der Waals surface area contributed by atoms with Crippen molar-refractivity contribution in [1.29, 1.82) is 0 Å². The van der Waals surface area contributed by atoms with Crippen molar-refractivity contribution in [2.24, 2.45) is 17.8 Å². The van der Waals surface area contributed by atoms with Gasteiger partial charge < -0.3 is 4.74 Å². The Morgan fingerprint density at radius 3 is 2.28 bits per heavy atom. The standard InChI is InChI=1S/C29H34F2O/c1-3-5-6-20-7-8-22-17-25(10-9-21(22)16-20)26-13-11-23(18-27(26)30)24-12-14-29(28(31)19-24)32-15-4-2/h3-4,11-14,18-22,25H,1-2,5-10,15-17H2. The maximum absolute atomic E-state index is 15.2. The van der Waals surface area contributed by atoms with Crippen LogP contribution in [0.3, 0.4) is 0 Å². The van der Waals surface area contributed by atoms with Gasteiger partial charge in [-0.3, -0.25) is 0 Å². The maximum Gasteiger partial charge on any atom is 0.165 e. The predicted octanol–water partition coefficient (Wildman–Crippen LogP) is 8.46. The molecule has 0 bridgehead atoms. The van der Waals surface area contributed by atoms with Gasteiger partial charge >= 0.3 is 0 Å².